The summed E-state index contributed by atoms with van der Waals surface area (Å²) in [4.78, 5) is 5.08. The van der Waals surface area contributed by atoms with Crippen molar-refractivity contribution in [3.63, 3.8) is 0 Å². The smallest absolute Gasteiger partial charge is 0.185 e. The van der Waals surface area contributed by atoms with Gasteiger partial charge in [0.2, 0.25) is 0 Å². The molecule has 0 unspecified atom stereocenters. The molecule has 3 nitrogen and oxygen atoms in total. The molecule has 0 fully saturated rings. The van der Waals surface area contributed by atoms with Crippen molar-refractivity contribution >= 4 is 5.69 Å². The zero-order valence-corrected chi connectivity index (χ0v) is 11.0. The normalized spacial score (nSPS) is 13.9. The molecule has 2 heterocycles. The fraction of sp³-hybridized carbons (Fsp3) is 0.214. The van der Waals surface area contributed by atoms with Gasteiger partial charge in [0.15, 0.2) is 30.0 Å². The number of nitrogens with zero attached hydrogens (tertiary/aromatic N) is 2. The van der Waals surface area contributed by atoms with Crippen LogP contribution in [0.5, 0.6) is 5.75 Å². The molecule has 1 aromatic carbocycles. The SMILES string of the molecule is Cc1c(F)c(F)c(N2COc3cccnc3C2)c(F)c1F. The summed E-state index contributed by atoms with van der Waals surface area (Å²) < 4.78 is 60.5. The maximum Gasteiger partial charge on any atom is 0.185 e. The largest absolute Gasteiger partial charge is 0.471 e. The van der Waals surface area contributed by atoms with Gasteiger partial charge >= 0.3 is 0 Å². The first-order chi connectivity index (χ1) is 10.0. The lowest BCUT2D eigenvalue weighted by atomic mass is 10.1. The Bertz CT molecular complexity index is 691. The number of hydrogen-bond donors (Lipinski definition) is 0. The minimum atomic E-state index is -1.44. The van der Waals surface area contributed by atoms with Crippen LogP contribution in [0.25, 0.3) is 0 Å². The summed E-state index contributed by atoms with van der Waals surface area (Å²) in [6, 6.07) is 3.31. The molecule has 1 aromatic heterocycles. The molecule has 0 N–H and O–H groups in total. The lowest BCUT2D eigenvalue weighted by Crippen LogP contribution is -2.34. The highest BCUT2D eigenvalue weighted by Crippen LogP contribution is 2.34. The highest BCUT2D eigenvalue weighted by atomic mass is 19.2. The number of anilines is 1. The van der Waals surface area contributed by atoms with Gasteiger partial charge in [0, 0.05) is 11.8 Å². The first-order valence-electron chi connectivity index (χ1n) is 6.15. The highest BCUT2D eigenvalue weighted by Gasteiger charge is 2.29. The molecule has 21 heavy (non-hydrogen) atoms. The second kappa shape index (κ2) is 4.91. The van der Waals surface area contributed by atoms with Gasteiger partial charge in [0.05, 0.1) is 6.54 Å². The average Bonchev–Trinajstić information content (AvgIpc) is 2.51. The summed E-state index contributed by atoms with van der Waals surface area (Å²) in [7, 11) is 0. The lowest BCUT2D eigenvalue weighted by Gasteiger charge is -2.30. The molecule has 0 bridgehead atoms. The fourth-order valence-corrected chi connectivity index (χ4v) is 2.20. The Labute approximate surface area is 117 Å². The predicted molar refractivity (Wildman–Crippen MR) is 66.9 cm³/mol. The van der Waals surface area contributed by atoms with Crippen molar-refractivity contribution in [3.8, 4) is 5.75 Å². The van der Waals surface area contributed by atoms with Gasteiger partial charge in [-0.05, 0) is 19.1 Å². The monoisotopic (exact) mass is 298 g/mol. The lowest BCUT2D eigenvalue weighted by molar-refractivity contribution is 0.281. The fourth-order valence-electron chi connectivity index (χ4n) is 2.20. The molecule has 7 heteroatoms. The Morgan fingerprint density at radius 3 is 2.43 bits per heavy atom. The second-order valence-corrected chi connectivity index (χ2v) is 4.65. The summed E-state index contributed by atoms with van der Waals surface area (Å²) in [6.07, 6.45) is 1.49. The van der Waals surface area contributed by atoms with Crippen molar-refractivity contribution in [3.05, 3.63) is 52.9 Å². The van der Waals surface area contributed by atoms with Crippen molar-refractivity contribution in [1.82, 2.24) is 4.98 Å². The van der Waals surface area contributed by atoms with E-state index < -0.39 is 34.5 Å². The molecule has 1 aliphatic heterocycles. The molecule has 0 atom stereocenters. The average molecular weight is 298 g/mol. The van der Waals surface area contributed by atoms with Crippen LogP contribution in [0.3, 0.4) is 0 Å². The van der Waals surface area contributed by atoms with E-state index in [-0.39, 0.29) is 13.3 Å². The molecule has 3 rings (SSSR count). The van der Waals surface area contributed by atoms with Crippen LogP contribution in [0.1, 0.15) is 11.3 Å². The highest BCUT2D eigenvalue weighted by molar-refractivity contribution is 5.53. The minimum Gasteiger partial charge on any atom is -0.471 e. The van der Waals surface area contributed by atoms with Crippen molar-refractivity contribution in [1.29, 1.82) is 0 Å². The van der Waals surface area contributed by atoms with Crippen molar-refractivity contribution in [2.45, 2.75) is 13.5 Å². The van der Waals surface area contributed by atoms with E-state index in [9.17, 15) is 17.6 Å². The number of benzene rings is 1. The van der Waals surface area contributed by atoms with Crippen molar-refractivity contribution < 1.29 is 22.3 Å². The van der Waals surface area contributed by atoms with Crippen LogP contribution >= 0.6 is 0 Å². The molecular weight excluding hydrogens is 288 g/mol. The Balaban J connectivity index is 2.07. The van der Waals surface area contributed by atoms with E-state index in [0.717, 1.165) is 11.8 Å². The Morgan fingerprint density at radius 1 is 1.10 bits per heavy atom. The maximum atomic E-state index is 14.0. The molecule has 1 aliphatic rings. The molecule has 0 saturated heterocycles. The minimum absolute atomic E-state index is 0.00798. The number of hydrogen-bond acceptors (Lipinski definition) is 3. The van der Waals surface area contributed by atoms with E-state index in [4.69, 9.17) is 4.74 Å². The van der Waals surface area contributed by atoms with Gasteiger partial charge in [0.25, 0.3) is 0 Å². The molecule has 0 radical (unpaired) electrons. The molecule has 0 spiro atoms. The van der Waals surface area contributed by atoms with Crippen LogP contribution in [-0.4, -0.2) is 11.7 Å². The third kappa shape index (κ3) is 2.09. The summed E-state index contributed by atoms with van der Waals surface area (Å²) in [6.45, 7) is 0.741. The summed E-state index contributed by atoms with van der Waals surface area (Å²) in [5.41, 5.74) is -1.04. The van der Waals surface area contributed by atoms with Crippen LogP contribution in [0.4, 0.5) is 23.2 Å². The number of fused-ring (bicyclic) bond motifs is 1. The number of aromatic nitrogens is 1. The first-order valence-corrected chi connectivity index (χ1v) is 6.15. The van der Waals surface area contributed by atoms with Gasteiger partial charge in [-0.15, -0.1) is 0 Å². The number of ether oxygens (including phenoxy) is 1. The Morgan fingerprint density at radius 2 is 1.76 bits per heavy atom. The van der Waals surface area contributed by atoms with Crippen LogP contribution in [0.2, 0.25) is 0 Å². The van der Waals surface area contributed by atoms with E-state index in [2.05, 4.69) is 4.98 Å². The van der Waals surface area contributed by atoms with Crippen LogP contribution in [-0.2, 0) is 6.54 Å². The quantitative estimate of drug-likeness (QED) is 0.596. The van der Waals surface area contributed by atoms with Gasteiger partial charge in [0.1, 0.15) is 17.1 Å². The van der Waals surface area contributed by atoms with E-state index in [1.807, 2.05) is 0 Å². The number of pyridine rings is 1. The van der Waals surface area contributed by atoms with Crippen LogP contribution in [0, 0.1) is 30.2 Å². The predicted octanol–water partition coefficient (Wildman–Crippen LogP) is 3.30. The van der Waals surface area contributed by atoms with Gasteiger partial charge in [-0.25, -0.2) is 17.6 Å². The standard InChI is InChI=1S/C14H10F4N2O/c1-7-10(15)12(17)14(13(18)11(7)16)20-5-8-9(21-6-20)3-2-4-19-8/h2-4H,5-6H2,1H3. The van der Waals surface area contributed by atoms with E-state index >= 15 is 0 Å². The first kappa shape index (κ1) is 13.7. The second-order valence-electron chi connectivity index (χ2n) is 4.65. The van der Waals surface area contributed by atoms with Crippen LogP contribution in [0.15, 0.2) is 18.3 Å². The van der Waals surface area contributed by atoms with E-state index in [1.165, 1.54) is 6.20 Å². The topological polar surface area (TPSA) is 25.4 Å². The van der Waals surface area contributed by atoms with Gasteiger partial charge < -0.3 is 9.64 Å². The summed E-state index contributed by atoms with van der Waals surface area (Å²) in [5.74, 6) is -5.21. The molecule has 0 amide bonds. The zero-order chi connectivity index (χ0) is 15.1. The van der Waals surface area contributed by atoms with Crippen LogP contribution < -0.4 is 9.64 Å². The van der Waals surface area contributed by atoms with Crippen molar-refractivity contribution in [2.75, 3.05) is 11.6 Å². The molecule has 110 valence electrons. The van der Waals surface area contributed by atoms with E-state index in [0.29, 0.717) is 11.4 Å². The Hall–Kier alpha value is -2.31. The van der Waals surface area contributed by atoms with Gasteiger partial charge in [-0.1, -0.05) is 0 Å². The third-order valence-electron chi connectivity index (χ3n) is 3.34. The van der Waals surface area contributed by atoms with Gasteiger partial charge in [-0.2, -0.15) is 0 Å². The molecule has 0 saturated carbocycles. The molecule has 2 aromatic rings. The zero-order valence-electron chi connectivity index (χ0n) is 11.0. The third-order valence-corrected chi connectivity index (χ3v) is 3.34. The number of rotatable bonds is 1. The van der Waals surface area contributed by atoms with Crippen molar-refractivity contribution in [2.24, 2.45) is 0 Å². The summed E-state index contributed by atoms with van der Waals surface area (Å²) in [5, 5.41) is 0. The number of halogens is 4. The Kier molecular flexibility index (Phi) is 3.19. The van der Waals surface area contributed by atoms with Gasteiger partial charge in [-0.3, -0.25) is 4.98 Å². The summed E-state index contributed by atoms with van der Waals surface area (Å²) >= 11 is 0. The maximum absolute atomic E-state index is 14.0. The molecule has 0 aliphatic carbocycles. The van der Waals surface area contributed by atoms with E-state index in [1.54, 1.807) is 12.1 Å². The molecular formula is C14H10F4N2O.